The molecule has 0 aromatic heterocycles. The van der Waals surface area contributed by atoms with Gasteiger partial charge in [0.1, 0.15) is 0 Å². The van der Waals surface area contributed by atoms with Gasteiger partial charge in [-0.1, -0.05) is 13.0 Å². The number of rotatable bonds is 7. The van der Waals surface area contributed by atoms with Crippen LogP contribution in [0.1, 0.15) is 19.8 Å². The molecular formula is C13H26N2O. The van der Waals surface area contributed by atoms with E-state index in [1.807, 2.05) is 6.08 Å². The molecule has 0 bridgehead atoms. The molecule has 0 saturated carbocycles. The molecule has 0 atom stereocenters. The highest BCUT2D eigenvalue weighted by molar-refractivity contribution is 4.85. The second-order valence-corrected chi connectivity index (χ2v) is 5.08. The molecule has 1 aliphatic heterocycles. The van der Waals surface area contributed by atoms with E-state index in [4.69, 9.17) is 4.74 Å². The minimum atomic E-state index is 0.460. The van der Waals surface area contributed by atoms with Crippen molar-refractivity contribution in [2.24, 2.45) is 5.41 Å². The van der Waals surface area contributed by atoms with Gasteiger partial charge in [0.25, 0.3) is 0 Å². The van der Waals surface area contributed by atoms with E-state index in [1.165, 1.54) is 12.8 Å². The molecule has 1 N–H and O–H groups in total. The molecule has 0 spiro atoms. The first-order valence-corrected chi connectivity index (χ1v) is 6.23. The predicted molar refractivity (Wildman–Crippen MR) is 68.7 cm³/mol. The molecular weight excluding hydrogens is 200 g/mol. The zero-order valence-electron chi connectivity index (χ0n) is 10.8. The second kappa shape index (κ2) is 7.05. The van der Waals surface area contributed by atoms with E-state index >= 15 is 0 Å². The van der Waals surface area contributed by atoms with Crippen LogP contribution in [0.4, 0.5) is 0 Å². The smallest absolute Gasteiger partial charge is 0.0589 e. The third-order valence-electron chi connectivity index (χ3n) is 3.41. The molecule has 1 aliphatic rings. The lowest BCUT2D eigenvalue weighted by atomic mass is 9.80. The lowest BCUT2D eigenvalue weighted by Gasteiger charge is -2.38. The number of piperidine rings is 1. The van der Waals surface area contributed by atoms with Crippen LogP contribution in [0.5, 0.6) is 0 Å². The minimum Gasteiger partial charge on any atom is -0.383 e. The fourth-order valence-corrected chi connectivity index (χ4v) is 2.37. The molecule has 0 aliphatic carbocycles. The van der Waals surface area contributed by atoms with E-state index in [2.05, 4.69) is 23.7 Å². The summed E-state index contributed by atoms with van der Waals surface area (Å²) in [4.78, 5) is 2.45. The maximum atomic E-state index is 5.15. The van der Waals surface area contributed by atoms with Gasteiger partial charge in [0, 0.05) is 26.7 Å². The molecule has 1 heterocycles. The van der Waals surface area contributed by atoms with Gasteiger partial charge in [-0.25, -0.2) is 0 Å². The molecule has 0 aromatic rings. The maximum Gasteiger partial charge on any atom is 0.0589 e. The molecule has 1 fully saturated rings. The first kappa shape index (κ1) is 13.7. The predicted octanol–water partition coefficient (Wildman–Crippen LogP) is 1.51. The van der Waals surface area contributed by atoms with Crippen LogP contribution in [0.2, 0.25) is 0 Å². The maximum absolute atomic E-state index is 5.15. The lowest BCUT2D eigenvalue weighted by Crippen LogP contribution is -2.44. The Balaban J connectivity index is 2.41. The van der Waals surface area contributed by atoms with Crippen molar-refractivity contribution in [3.05, 3.63) is 12.7 Å². The summed E-state index contributed by atoms with van der Waals surface area (Å²) >= 11 is 0. The molecule has 0 radical (unpaired) electrons. The van der Waals surface area contributed by atoms with E-state index in [0.29, 0.717) is 5.41 Å². The normalized spacial score (nSPS) is 19.9. The molecule has 0 amide bonds. The van der Waals surface area contributed by atoms with E-state index < -0.39 is 0 Å². The van der Waals surface area contributed by atoms with Crippen molar-refractivity contribution in [3.63, 3.8) is 0 Å². The minimum absolute atomic E-state index is 0.460. The average Bonchev–Trinajstić information content (AvgIpc) is 2.27. The summed E-state index contributed by atoms with van der Waals surface area (Å²) in [6, 6.07) is 0. The number of hydrogen-bond donors (Lipinski definition) is 1. The number of nitrogens with zero attached hydrogens (tertiary/aromatic N) is 1. The van der Waals surface area contributed by atoms with Gasteiger partial charge in [-0.15, -0.1) is 6.58 Å². The number of hydrogen-bond acceptors (Lipinski definition) is 3. The van der Waals surface area contributed by atoms with Crippen LogP contribution in [0.15, 0.2) is 12.7 Å². The van der Waals surface area contributed by atoms with Crippen LogP contribution in [0.25, 0.3) is 0 Å². The monoisotopic (exact) mass is 226 g/mol. The van der Waals surface area contributed by atoms with E-state index in [0.717, 1.165) is 39.3 Å². The third kappa shape index (κ3) is 4.64. The molecule has 0 unspecified atom stereocenters. The second-order valence-electron chi connectivity index (χ2n) is 5.08. The summed E-state index contributed by atoms with van der Waals surface area (Å²) in [7, 11) is 1.76. The molecule has 1 saturated heterocycles. The molecule has 3 nitrogen and oxygen atoms in total. The van der Waals surface area contributed by atoms with Gasteiger partial charge in [-0.05, 0) is 31.3 Å². The number of nitrogens with one attached hydrogen (secondary N) is 1. The Kier molecular flexibility index (Phi) is 6.03. The fraction of sp³-hybridized carbons (Fsp3) is 0.846. The van der Waals surface area contributed by atoms with Gasteiger partial charge in [0.15, 0.2) is 0 Å². The van der Waals surface area contributed by atoms with Crippen LogP contribution >= 0.6 is 0 Å². The quantitative estimate of drug-likeness (QED) is 0.666. The van der Waals surface area contributed by atoms with Gasteiger partial charge in [-0.3, -0.25) is 4.90 Å². The van der Waals surface area contributed by atoms with Crippen molar-refractivity contribution < 1.29 is 4.74 Å². The lowest BCUT2D eigenvalue weighted by molar-refractivity contribution is 0.103. The third-order valence-corrected chi connectivity index (χ3v) is 3.41. The van der Waals surface area contributed by atoms with Crippen LogP contribution in [-0.4, -0.2) is 51.3 Å². The zero-order valence-corrected chi connectivity index (χ0v) is 10.8. The highest BCUT2D eigenvalue weighted by Crippen LogP contribution is 2.28. The molecule has 94 valence electrons. The Bertz CT molecular complexity index is 200. The van der Waals surface area contributed by atoms with Crippen LogP contribution in [0, 0.1) is 5.41 Å². The summed E-state index contributed by atoms with van der Waals surface area (Å²) in [6.07, 6.45) is 4.53. The van der Waals surface area contributed by atoms with Crippen LogP contribution in [0.3, 0.4) is 0 Å². The fourth-order valence-electron chi connectivity index (χ4n) is 2.37. The summed E-state index contributed by atoms with van der Waals surface area (Å²) < 4.78 is 5.15. The van der Waals surface area contributed by atoms with Gasteiger partial charge in [0.2, 0.25) is 0 Å². The topological polar surface area (TPSA) is 24.5 Å². The largest absolute Gasteiger partial charge is 0.383 e. The van der Waals surface area contributed by atoms with Crippen LogP contribution in [-0.2, 0) is 4.74 Å². The summed E-state index contributed by atoms with van der Waals surface area (Å²) in [6.45, 7) is 12.5. The molecule has 3 heteroatoms. The van der Waals surface area contributed by atoms with Crippen LogP contribution < -0.4 is 5.32 Å². The number of methoxy groups -OCH3 is 1. The van der Waals surface area contributed by atoms with E-state index in [-0.39, 0.29) is 0 Å². The van der Waals surface area contributed by atoms with E-state index in [1.54, 1.807) is 7.11 Å². The molecule has 1 rings (SSSR count). The van der Waals surface area contributed by atoms with Gasteiger partial charge < -0.3 is 10.1 Å². The Morgan fingerprint density at radius 2 is 2.12 bits per heavy atom. The van der Waals surface area contributed by atoms with Crippen molar-refractivity contribution in [3.8, 4) is 0 Å². The summed E-state index contributed by atoms with van der Waals surface area (Å²) in [5.41, 5.74) is 0.460. The summed E-state index contributed by atoms with van der Waals surface area (Å²) in [5.74, 6) is 0. The highest BCUT2D eigenvalue weighted by Gasteiger charge is 2.28. The molecule has 16 heavy (non-hydrogen) atoms. The van der Waals surface area contributed by atoms with Gasteiger partial charge >= 0.3 is 0 Å². The van der Waals surface area contributed by atoms with Crippen molar-refractivity contribution in [2.75, 3.05) is 46.4 Å². The Morgan fingerprint density at radius 3 is 2.69 bits per heavy atom. The Labute approximate surface area is 99.8 Å². The first-order chi connectivity index (χ1) is 7.70. The van der Waals surface area contributed by atoms with Gasteiger partial charge in [0.05, 0.1) is 6.61 Å². The van der Waals surface area contributed by atoms with E-state index in [9.17, 15) is 0 Å². The average molecular weight is 226 g/mol. The molecule has 0 aromatic carbocycles. The number of ether oxygens (including phenoxy) is 1. The highest BCUT2D eigenvalue weighted by atomic mass is 16.5. The van der Waals surface area contributed by atoms with Crippen molar-refractivity contribution in [2.45, 2.75) is 19.8 Å². The SMILES string of the molecule is C=CCN(CCOC)CC1(C)CCNCC1. The summed E-state index contributed by atoms with van der Waals surface area (Å²) in [5, 5.41) is 3.42. The Hall–Kier alpha value is -0.380. The van der Waals surface area contributed by atoms with Gasteiger partial charge in [-0.2, -0.15) is 0 Å². The first-order valence-electron chi connectivity index (χ1n) is 6.23. The zero-order chi connectivity index (χ0) is 11.9. The standard InChI is InChI=1S/C13H26N2O/c1-4-9-15(10-11-16-3)12-13(2)5-7-14-8-6-13/h4,14H,1,5-12H2,2-3H3. The van der Waals surface area contributed by atoms with Crippen molar-refractivity contribution in [1.29, 1.82) is 0 Å². The van der Waals surface area contributed by atoms with Crippen molar-refractivity contribution >= 4 is 0 Å². The Morgan fingerprint density at radius 1 is 1.44 bits per heavy atom. The van der Waals surface area contributed by atoms with Crippen molar-refractivity contribution in [1.82, 2.24) is 10.2 Å².